The molecule has 0 spiro atoms. The number of carbonyl (C=O) groups excluding carboxylic acids is 2. The Morgan fingerprint density at radius 3 is 2.17 bits per heavy atom. The summed E-state index contributed by atoms with van der Waals surface area (Å²) in [5.41, 5.74) is 8.51. The molecule has 2 heterocycles. The molecule has 2 aromatic carbocycles. The van der Waals surface area contributed by atoms with Crippen molar-refractivity contribution in [3.8, 4) is 0 Å². The number of hydrogen-bond donors (Lipinski definition) is 3. The first-order chi connectivity index (χ1) is 17.1. The quantitative estimate of drug-likeness (QED) is 0.489. The first kappa shape index (κ1) is 25.4. The predicted molar refractivity (Wildman–Crippen MR) is 139 cm³/mol. The van der Waals surface area contributed by atoms with Gasteiger partial charge in [-0.3, -0.25) is 14.5 Å². The summed E-state index contributed by atoms with van der Waals surface area (Å²) in [5, 5.41) is 6.10. The number of carbonyl (C=O) groups is 2. The summed E-state index contributed by atoms with van der Waals surface area (Å²) in [7, 11) is 0. The van der Waals surface area contributed by atoms with E-state index in [1.807, 2.05) is 30.3 Å². The highest BCUT2D eigenvalue weighted by Gasteiger charge is 2.40. The maximum Gasteiger partial charge on any atom is 0.251 e. The van der Waals surface area contributed by atoms with Gasteiger partial charge in [0.25, 0.3) is 5.91 Å². The van der Waals surface area contributed by atoms with Crippen molar-refractivity contribution in [2.24, 2.45) is 11.1 Å². The average molecular weight is 478 g/mol. The molecule has 4 N–H and O–H groups in total. The van der Waals surface area contributed by atoms with E-state index in [9.17, 15) is 9.59 Å². The van der Waals surface area contributed by atoms with Crippen LogP contribution in [-0.2, 0) is 17.9 Å². The van der Waals surface area contributed by atoms with Crippen LogP contribution in [0.3, 0.4) is 0 Å². The summed E-state index contributed by atoms with van der Waals surface area (Å²) in [5.74, 6) is -0.0211. The van der Waals surface area contributed by atoms with Crippen LogP contribution in [0.25, 0.3) is 0 Å². The lowest BCUT2D eigenvalue weighted by atomic mass is 9.77. The highest BCUT2D eigenvalue weighted by Crippen LogP contribution is 2.31. The van der Waals surface area contributed by atoms with E-state index < -0.39 is 5.41 Å². The van der Waals surface area contributed by atoms with Crippen LogP contribution in [-0.4, -0.2) is 67.4 Å². The molecule has 2 aromatic rings. The van der Waals surface area contributed by atoms with E-state index in [-0.39, 0.29) is 11.8 Å². The smallest absolute Gasteiger partial charge is 0.251 e. The third-order valence-corrected chi connectivity index (χ3v) is 7.52. The summed E-state index contributed by atoms with van der Waals surface area (Å²) in [6, 6.07) is 17.9. The number of nitrogens with one attached hydrogen (secondary N) is 2. The monoisotopic (exact) mass is 477 g/mol. The lowest BCUT2D eigenvalue weighted by Gasteiger charge is -2.40. The van der Waals surface area contributed by atoms with E-state index in [2.05, 4.69) is 44.7 Å². The van der Waals surface area contributed by atoms with Gasteiger partial charge in [0.1, 0.15) is 0 Å². The number of amides is 2. The maximum absolute atomic E-state index is 13.1. The zero-order valence-corrected chi connectivity index (χ0v) is 20.7. The van der Waals surface area contributed by atoms with Gasteiger partial charge in [-0.15, -0.1) is 0 Å². The van der Waals surface area contributed by atoms with Gasteiger partial charge < -0.3 is 21.3 Å². The van der Waals surface area contributed by atoms with Gasteiger partial charge >= 0.3 is 0 Å². The summed E-state index contributed by atoms with van der Waals surface area (Å²) in [6.45, 7) is 7.26. The summed E-state index contributed by atoms with van der Waals surface area (Å²) < 4.78 is 0. The summed E-state index contributed by atoms with van der Waals surface area (Å²) >= 11 is 0. The molecule has 35 heavy (non-hydrogen) atoms. The molecule has 2 aliphatic heterocycles. The van der Waals surface area contributed by atoms with Crippen molar-refractivity contribution in [2.45, 2.75) is 38.8 Å². The molecular formula is C28H39N5O2. The molecule has 2 amide bonds. The van der Waals surface area contributed by atoms with Crippen molar-refractivity contribution in [1.82, 2.24) is 20.4 Å². The highest BCUT2D eigenvalue weighted by atomic mass is 16.2. The molecule has 2 fully saturated rings. The molecule has 4 rings (SSSR count). The van der Waals surface area contributed by atoms with E-state index in [0.717, 1.165) is 57.7 Å². The number of likely N-dealkylation sites (tertiary alicyclic amines) is 2. The largest absolute Gasteiger partial charge is 0.352 e. The van der Waals surface area contributed by atoms with E-state index in [1.54, 1.807) is 0 Å². The third-order valence-electron chi connectivity index (χ3n) is 7.52. The van der Waals surface area contributed by atoms with Gasteiger partial charge in [-0.2, -0.15) is 0 Å². The molecule has 7 nitrogen and oxygen atoms in total. The van der Waals surface area contributed by atoms with Gasteiger partial charge in [0, 0.05) is 38.3 Å². The van der Waals surface area contributed by atoms with Crippen LogP contribution in [0.2, 0.25) is 0 Å². The molecule has 188 valence electrons. The average Bonchev–Trinajstić information content (AvgIpc) is 3.42. The second kappa shape index (κ2) is 12.3. The standard InChI is InChI=1S/C28H39N5O2/c29-22-28(12-17-33(18-13-28)21-24-6-2-1-3-7-24)27(35)31-20-23-8-10-25(11-9-23)26(34)30-14-19-32-15-4-5-16-32/h1-3,6-11H,4-5,12-22,29H2,(H,30,34)(H,31,35). The van der Waals surface area contributed by atoms with Crippen LogP contribution < -0.4 is 16.4 Å². The minimum Gasteiger partial charge on any atom is -0.352 e. The number of rotatable bonds is 10. The molecule has 0 bridgehead atoms. The van der Waals surface area contributed by atoms with Crippen molar-refractivity contribution < 1.29 is 9.59 Å². The first-order valence-electron chi connectivity index (χ1n) is 12.9. The molecule has 0 atom stereocenters. The van der Waals surface area contributed by atoms with Crippen molar-refractivity contribution in [1.29, 1.82) is 0 Å². The van der Waals surface area contributed by atoms with Gasteiger partial charge in [0.05, 0.1) is 5.41 Å². The van der Waals surface area contributed by atoms with E-state index in [4.69, 9.17) is 5.73 Å². The van der Waals surface area contributed by atoms with Crippen LogP contribution in [0.4, 0.5) is 0 Å². The van der Waals surface area contributed by atoms with Crippen LogP contribution in [0.15, 0.2) is 54.6 Å². The summed E-state index contributed by atoms with van der Waals surface area (Å²) in [6.07, 6.45) is 4.04. The van der Waals surface area contributed by atoms with Crippen molar-refractivity contribution >= 4 is 11.8 Å². The van der Waals surface area contributed by atoms with Gasteiger partial charge in [0.2, 0.25) is 5.91 Å². The van der Waals surface area contributed by atoms with Crippen LogP contribution >= 0.6 is 0 Å². The second-order valence-electron chi connectivity index (χ2n) is 9.93. The molecule has 0 saturated carbocycles. The lowest BCUT2D eigenvalue weighted by Crippen LogP contribution is -2.52. The predicted octanol–water partition coefficient (Wildman–Crippen LogP) is 2.37. The van der Waals surface area contributed by atoms with Crippen molar-refractivity contribution in [3.05, 3.63) is 71.3 Å². The fourth-order valence-electron chi connectivity index (χ4n) is 5.08. The Bertz CT molecular complexity index is 949. The third kappa shape index (κ3) is 6.90. The summed E-state index contributed by atoms with van der Waals surface area (Å²) in [4.78, 5) is 30.3. The Kier molecular flexibility index (Phi) is 8.90. The number of nitrogens with zero attached hydrogens (tertiary/aromatic N) is 2. The number of benzene rings is 2. The van der Waals surface area contributed by atoms with Gasteiger partial charge in [-0.05, 0) is 75.1 Å². The molecule has 0 radical (unpaired) electrons. The van der Waals surface area contributed by atoms with Gasteiger partial charge in [-0.25, -0.2) is 0 Å². The minimum atomic E-state index is -0.512. The maximum atomic E-state index is 13.1. The fraction of sp³-hybridized carbons (Fsp3) is 0.500. The minimum absolute atomic E-state index is 0.0306. The molecule has 0 aromatic heterocycles. The van der Waals surface area contributed by atoms with E-state index in [0.29, 0.717) is 25.2 Å². The zero-order chi connectivity index (χ0) is 24.5. The molecule has 0 aliphatic carbocycles. The molecule has 7 heteroatoms. The normalized spacial score (nSPS) is 18.3. The number of hydrogen-bond acceptors (Lipinski definition) is 5. The lowest BCUT2D eigenvalue weighted by molar-refractivity contribution is -0.133. The Hall–Kier alpha value is -2.74. The van der Waals surface area contributed by atoms with Crippen molar-refractivity contribution in [2.75, 3.05) is 45.8 Å². The van der Waals surface area contributed by atoms with Crippen LogP contribution in [0, 0.1) is 5.41 Å². The first-order valence-corrected chi connectivity index (χ1v) is 12.9. The number of nitrogens with two attached hydrogens (primary N) is 1. The molecular weight excluding hydrogens is 438 g/mol. The van der Waals surface area contributed by atoms with E-state index in [1.165, 1.54) is 18.4 Å². The van der Waals surface area contributed by atoms with Crippen molar-refractivity contribution in [3.63, 3.8) is 0 Å². The van der Waals surface area contributed by atoms with Gasteiger partial charge in [0.15, 0.2) is 0 Å². The van der Waals surface area contributed by atoms with Crippen LogP contribution in [0.5, 0.6) is 0 Å². The molecule has 0 unspecified atom stereocenters. The molecule has 2 aliphatic rings. The Labute approximate surface area is 209 Å². The Balaban J connectivity index is 1.21. The Morgan fingerprint density at radius 1 is 0.829 bits per heavy atom. The highest BCUT2D eigenvalue weighted by molar-refractivity contribution is 5.94. The second-order valence-corrected chi connectivity index (χ2v) is 9.93. The topological polar surface area (TPSA) is 90.7 Å². The van der Waals surface area contributed by atoms with Gasteiger partial charge in [-0.1, -0.05) is 42.5 Å². The number of piperidine rings is 1. The molecule has 2 saturated heterocycles. The fourth-order valence-corrected chi connectivity index (χ4v) is 5.08. The zero-order valence-electron chi connectivity index (χ0n) is 20.7. The SMILES string of the molecule is NCC1(C(=O)NCc2ccc(C(=O)NCCN3CCCC3)cc2)CCN(Cc2ccccc2)CC1. The Morgan fingerprint density at radius 2 is 1.51 bits per heavy atom. The van der Waals surface area contributed by atoms with E-state index >= 15 is 0 Å². The van der Waals surface area contributed by atoms with Crippen LogP contribution in [0.1, 0.15) is 47.2 Å².